The van der Waals surface area contributed by atoms with Gasteiger partial charge >= 0.3 is 5.97 Å². The van der Waals surface area contributed by atoms with E-state index in [9.17, 15) is 4.79 Å². The average Bonchev–Trinajstić information content (AvgIpc) is 2.29. The molecule has 1 aromatic heterocycles. The molecular weight excluding hydrogens is 216 g/mol. The van der Waals surface area contributed by atoms with Crippen molar-refractivity contribution in [2.75, 3.05) is 18.3 Å². The third-order valence-electron chi connectivity index (χ3n) is 1.54. The molecule has 82 valence electrons. The fraction of sp³-hybridized carbons (Fsp3) is 0.375. The molecule has 0 saturated carbocycles. The van der Waals surface area contributed by atoms with Gasteiger partial charge in [0.1, 0.15) is 5.03 Å². The normalized spacial score (nSPS) is 9.73. The molecule has 0 aromatic carbocycles. The van der Waals surface area contributed by atoms with E-state index in [0.717, 1.165) is 5.03 Å². The number of carbonyl (C=O) groups is 1. The minimum absolute atomic E-state index is 0.228. The largest absolute Gasteiger partial charge is 0.469 e. The molecule has 15 heavy (non-hydrogen) atoms. The van der Waals surface area contributed by atoms with Gasteiger partial charge in [0.2, 0.25) is 5.95 Å². The van der Waals surface area contributed by atoms with Gasteiger partial charge in [-0.05, 0) is 6.07 Å². The SMILES string of the molecule is COC(=O)CCSc1ccnc(NN)n1. The first-order valence-corrected chi connectivity index (χ1v) is 5.24. The van der Waals surface area contributed by atoms with E-state index in [-0.39, 0.29) is 5.97 Å². The second kappa shape index (κ2) is 6.20. The number of hydrazine groups is 1. The first kappa shape index (κ1) is 11.7. The van der Waals surface area contributed by atoms with Crippen LogP contribution in [0.4, 0.5) is 5.95 Å². The number of nitrogens with one attached hydrogen (secondary N) is 1. The molecular formula is C8H12N4O2S. The van der Waals surface area contributed by atoms with Gasteiger partial charge < -0.3 is 4.74 Å². The van der Waals surface area contributed by atoms with Gasteiger partial charge in [-0.2, -0.15) is 0 Å². The summed E-state index contributed by atoms with van der Waals surface area (Å²) in [5, 5.41) is 0.766. The van der Waals surface area contributed by atoms with Crippen LogP contribution in [-0.4, -0.2) is 28.8 Å². The molecule has 0 bridgehead atoms. The van der Waals surface area contributed by atoms with Gasteiger partial charge in [-0.3, -0.25) is 10.2 Å². The summed E-state index contributed by atoms with van der Waals surface area (Å²) < 4.78 is 4.52. The summed E-state index contributed by atoms with van der Waals surface area (Å²) in [5.74, 6) is 5.91. The van der Waals surface area contributed by atoms with Crippen LogP contribution in [0.3, 0.4) is 0 Å². The maximum Gasteiger partial charge on any atom is 0.306 e. The predicted molar refractivity (Wildman–Crippen MR) is 57.2 cm³/mol. The highest BCUT2D eigenvalue weighted by molar-refractivity contribution is 7.99. The number of carbonyl (C=O) groups excluding carboxylic acids is 1. The zero-order valence-electron chi connectivity index (χ0n) is 8.27. The number of nitrogens with zero attached hydrogens (tertiary/aromatic N) is 2. The Morgan fingerprint density at radius 1 is 1.73 bits per heavy atom. The Morgan fingerprint density at radius 2 is 2.53 bits per heavy atom. The molecule has 0 spiro atoms. The second-order valence-electron chi connectivity index (χ2n) is 2.54. The van der Waals surface area contributed by atoms with Crippen LogP contribution in [0.25, 0.3) is 0 Å². The molecule has 1 aromatic rings. The highest BCUT2D eigenvalue weighted by Gasteiger charge is 2.02. The monoisotopic (exact) mass is 228 g/mol. The number of methoxy groups -OCH3 is 1. The van der Waals surface area contributed by atoms with E-state index < -0.39 is 0 Å². The molecule has 3 N–H and O–H groups in total. The molecule has 0 radical (unpaired) electrons. The summed E-state index contributed by atoms with van der Waals surface area (Å²) in [6.45, 7) is 0. The summed E-state index contributed by atoms with van der Waals surface area (Å²) in [6, 6.07) is 1.75. The van der Waals surface area contributed by atoms with E-state index in [4.69, 9.17) is 5.84 Å². The lowest BCUT2D eigenvalue weighted by molar-refractivity contribution is -0.140. The molecule has 0 fully saturated rings. The Balaban J connectivity index is 2.40. The van der Waals surface area contributed by atoms with Crippen LogP contribution in [0, 0.1) is 0 Å². The molecule has 0 aliphatic rings. The Bertz CT molecular complexity index is 334. The lowest BCUT2D eigenvalue weighted by Gasteiger charge is -2.01. The number of rotatable bonds is 5. The maximum absolute atomic E-state index is 10.8. The van der Waals surface area contributed by atoms with E-state index in [1.165, 1.54) is 18.9 Å². The number of hydrogen-bond acceptors (Lipinski definition) is 7. The quantitative estimate of drug-likeness (QED) is 0.248. The van der Waals surface area contributed by atoms with E-state index in [2.05, 4.69) is 20.1 Å². The number of nitrogen functional groups attached to an aromatic ring is 1. The molecule has 0 saturated heterocycles. The molecule has 0 aliphatic heterocycles. The minimum atomic E-state index is -0.228. The van der Waals surface area contributed by atoms with Crippen LogP contribution in [-0.2, 0) is 9.53 Å². The Hall–Kier alpha value is -1.34. The van der Waals surface area contributed by atoms with E-state index >= 15 is 0 Å². The molecule has 0 atom stereocenters. The Labute approximate surface area is 91.6 Å². The van der Waals surface area contributed by atoms with Crippen LogP contribution < -0.4 is 11.3 Å². The number of thioether (sulfide) groups is 1. The van der Waals surface area contributed by atoms with Gasteiger partial charge in [-0.25, -0.2) is 15.8 Å². The van der Waals surface area contributed by atoms with Crippen LogP contribution in [0.5, 0.6) is 0 Å². The van der Waals surface area contributed by atoms with Crippen molar-refractivity contribution >= 4 is 23.7 Å². The van der Waals surface area contributed by atoms with Gasteiger partial charge in [0.15, 0.2) is 0 Å². The van der Waals surface area contributed by atoms with Crippen molar-refractivity contribution in [2.45, 2.75) is 11.4 Å². The smallest absolute Gasteiger partial charge is 0.306 e. The van der Waals surface area contributed by atoms with Crippen molar-refractivity contribution in [2.24, 2.45) is 5.84 Å². The molecule has 1 rings (SSSR count). The molecule has 0 unspecified atom stereocenters. The van der Waals surface area contributed by atoms with Crippen LogP contribution in [0.1, 0.15) is 6.42 Å². The minimum Gasteiger partial charge on any atom is -0.469 e. The Kier molecular flexibility index (Phi) is 4.85. The van der Waals surface area contributed by atoms with Crippen molar-refractivity contribution < 1.29 is 9.53 Å². The van der Waals surface area contributed by atoms with Gasteiger partial charge in [0, 0.05) is 11.9 Å². The third kappa shape index (κ3) is 4.13. The van der Waals surface area contributed by atoms with Gasteiger partial charge in [-0.1, -0.05) is 0 Å². The molecule has 1 heterocycles. The Morgan fingerprint density at radius 3 is 3.20 bits per heavy atom. The van der Waals surface area contributed by atoms with E-state index in [0.29, 0.717) is 18.1 Å². The highest BCUT2D eigenvalue weighted by Crippen LogP contribution is 2.16. The standard InChI is InChI=1S/C8H12N4O2S/c1-14-7(13)3-5-15-6-2-4-10-8(11-6)12-9/h2,4H,3,5,9H2,1H3,(H,10,11,12). The number of ether oxygens (including phenoxy) is 1. The van der Waals surface area contributed by atoms with Gasteiger partial charge in [-0.15, -0.1) is 11.8 Å². The number of hydrogen-bond donors (Lipinski definition) is 2. The number of aromatic nitrogens is 2. The summed E-state index contributed by atoms with van der Waals surface area (Å²) in [6.07, 6.45) is 1.96. The summed E-state index contributed by atoms with van der Waals surface area (Å²) >= 11 is 1.45. The van der Waals surface area contributed by atoms with E-state index in [1.54, 1.807) is 12.3 Å². The zero-order valence-corrected chi connectivity index (χ0v) is 9.08. The number of anilines is 1. The molecule has 0 aliphatic carbocycles. The van der Waals surface area contributed by atoms with Crippen molar-refractivity contribution in [3.63, 3.8) is 0 Å². The number of esters is 1. The first-order valence-electron chi connectivity index (χ1n) is 4.25. The van der Waals surface area contributed by atoms with Crippen LogP contribution in [0.15, 0.2) is 17.3 Å². The predicted octanol–water partition coefficient (Wildman–Crippen LogP) is 0.417. The van der Waals surface area contributed by atoms with Gasteiger partial charge in [0.05, 0.1) is 13.5 Å². The second-order valence-corrected chi connectivity index (χ2v) is 3.65. The summed E-state index contributed by atoms with van der Waals surface area (Å²) in [5.41, 5.74) is 2.35. The first-order chi connectivity index (χ1) is 7.26. The van der Waals surface area contributed by atoms with Gasteiger partial charge in [0.25, 0.3) is 0 Å². The lowest BCUT2D eigenvalue weighted by atomic mass is 10.5. The van der Waals surface area contributed by atoms with Crippen LogP contribution in [0.2, 0.25) is 0 Å². The zero-order chi connectivity index (χ0) is 11.1. The summed E-state index contributed by atoms with van der Waals surface area (Å²) in [7, 11) is 1.37. The fourth-order valence-electron chi connectivity index (χ4n) is 0.833. The number of nitrogens with two attached hydrogens (primary N) is 1. The topological polar surface area (TPSA) is 90.1 Å². The maximum atomic E-state index is 10.8. The molecule has 6 nitrogen and oxygen atoms in total. The third-order valence-corrected chi connectivity index (χ3v) is 2.47. The molecule has 0 amide bonds. The van der Waals surface area contributed by atoms with Crippen LogP contribution >= 0.6 is 11.8 Å². The van der Waals surface area contributed by atoms with Crippen molar-refractivity contribution in [3.05, 3.63) is 12.3 Å². The van der Waals surface area contributed by atoms with Crippen molar-refractivity contribution in [1.82, 2.24) is 9.97 Å². The molecule has 7 heteroatoms. The van der Waals surface area contributed by atoms with Crippen molar-refractivity contribution in [3.8, 4) is 0 Å². The lowest BCUT2D eigenvalue weighted by Crippen LogP contribution is -2.10. The van der Waals surface area contributed by atoms with Crippen molar-refractivity contribution in [1.29, 1.82) is 0 Å². The van der Waals surface area contributed by atoms with E-state index in [1.807, 2.05) is 0 Å². The highest BCUT2D eigenvalue weighted by atomic mass is 32.2. The average molecular weight is 228 g/mol. The summed E-state index contributed by atoms with van der Waals surface area (Å²) in [4.78, 5) is 18.8. The fourth-order valence-corrected chi connectivity index (χ4v) is 1.62.